The lowest BCUT2D eigenvalue weighted by Crippen LogP contribution is -1.94. The molecular weight excluding hydrogens is 560 g/mol. The predicted octanol–water partition coefficient (Wildman–Crippen LogP) is 10.6. The van der Waals surface area contributed by atoms with Gasteiger partial charge < -0.3 is 4.57 Å². The van der Waals surface area contributed by atoms with Crippen LogP contribution in [0.2, 0.25) is 0 Å². The zero-order valence-electron chi connectivity index (χ0n) is 24.8. The molecule has 0 aliphatic carbocycles. The summed E-state index contributed by atoms with van der Waals surface area (Å²) in [5, 5.41) is 12.0. The molecular formula is C42H26N4. The third kappa shape index (κ3) is 3.61. The van der Waals surface area contributed by atoms with E-state index in [2.05, 4.69) is 156 Å². The number of hydrogen-bond acceptors (Lipinski definition) is 2. The van der Waals surface area contributed by atoms with E-state index in [0.29, 0.717) is 0 Å². The normalized spacial score (nSPS) is 11.9. The van der Waals surface area contributed by atoms with Gasteiger partial charge in [0.15, 0.2) is 0 Å². The summed E-state index contributed by atoms with van der Waals surface area (Å²) in [4.78, 5) is 5.40. The first-order valence-corrected chi connectivity index (χ1v) is 15.6. The van der Waals surface area contributed by atoms with Crippen LogP contribution in [0.4, 0.5) is 0 Å². The van der Waals surface area contributed by atoms with Crippen molar-refractivity contribution in [2.45, 2.75) is 0 Å². The van der Waals surface area contributed by atoms with Crippen LogP contribution in [0, 0.1) is 0 Å². The van der Waals surface area contributed by atoms with Gasteiger partial charge in [-0.05, 0) is 59.5 Å². The molecule has 0 saturated heterocycles. The molecule has 46 heavy (non-hydrogen) atoms. The van der Waals surface area contributed by atoms with Gasteiger partial charge >= 0.3 is 0 Å². The van der Waals surface area contributed by atoms with Gasteiger partial charge in [-0.3, -0.25) is 0 Å². The Hall–Kier alpha value is -6.26. The predicted molar refractivity (Wildman–Crippen MR) is 191 cm³/mol. The number of nitrogens with zero attached hydrogens (tertiary/aromatic N) is 4. The maximum Gasteiger partial charge on any atom is 0.0933 e. The molecule has 0 fully saturated rings. The lowest BCUT2D eigenvalue weighted by molar-refractivity contribution is 0.983. The number of benzene rings is 6. The second kappa shape index (κ2) is 9.62. The van der Waals surface area contributed by atoms with Crippen LogP contribution in [-0.2, 0) is 0 Å². The Morgan fingerprint density at radius 3 is 2.02 bits per heavy atom. The molecule has 214 valence electrons. The fraction of sp³-hybridized carbons (Fsp3) is 0. The highest BCUT2D eigenvalue weighted by molar-refractivity contribution is 6.28. The van der Waals surface area contributed by atoms with E-state index in [9.17, 15) is 0 Å². The Balaban J connectivity index is 1.27. The number of rotatable bonds is 3. The van der Waals surface area contributed by atoms with E-state index in [1.54, 1.807) is 0 Å². The summed E-state index contributed by atoms with van der Waals surface area (Å²) in [6.07, 6.45) is 2.13. The largest absolute Gasteiger partial charge is 0.309 e. The standard InChI is InChI=1S/C42H26N4/c1-2-13-30(14-3-1)46-38-20-9-6-17-34(38)40-39(46)24-22-32-31-15-4-7-18-35(31)43-42(41(32)40)28-12-10-11-27(25-28)29-21-23-37-33-16-5-8-19-36(33)44-45(37)26-29/h1-26H. The van der Waals surface area contributed by atoms with Crippen LogP contribution in [-0.4, -0.2) is 19.2 Å². The van der Waals surface area contributed by atoms with E-state index in [1.165, 1.54) is 32.6 Å². The number of hydrogen-bond donors (Lipinski definition) is 0. The summed E-state index contributed by atoms with van der Waals surface area (Å²) in [6, 6.07) is 53.9. The van der Waals surface area contributed by atoms with Gasteiger partial charge in [0.25, 0.3) is 0 Å². The van der Waals surface area contributed by atoms with Crippen LogP contribution in [0.1, 0.15) is 0 Å². The van der Waals surface area contributed by atoms with Crippen molar-refractivity contribution in [3.63, 3.8) is 0 Å². The fourth-order valence-corrected chi connectivity index (χ4v) is 7.27. The maximum absolute atomic E-state index is 5.40. The molecule has 0 amide bonds. The lowest BCUT2D eigenvalue weighted by Gasteiger charge is -2.14. The molecule has 10 aromatic rings. The van der Waals surface area contributed by atoms with Crippen molar-refractivity contribution >= 4 is 59.9 Å². The van der Waals surface area contributed by atoms with Crippen molar-refractivity contribution in [3.05, 3.63) is 158 Å². The van der Waals surface area contributed by atoms with Crippen molar-refractivity contribution in [1.82, 2.24) is 19.2 Å². The highest BCUT2D eigenvalue weighted by Gasteiger charge is 2.20. The zero-order chi connectivity index (χ0) is 30.2. The molecule has 0 N–H and O–H groups in total. The van der Waals surface area contributed by atoms with Crippen LogP contribution in [0.5, 0.6) is 0 Å². The van der Waals surface area contributed by atoms with Crippen LogP contribution in [0.15, 0.2) is 158 Å². The highest BCUT2D eigenvalue weighted by atomic mass is 15.2. The molecule has 4 aromatic heterocycles. The van der Waals surface area contributed by atoms with Gasteiger partial charge in [-0.2, -0.15) is 5.10 Å². The van der Waals surface area contributed by atoms with Crippen molar-refractivity contribution in [3.8, 4) is 28.1 Å². The summed E-state index contributed by atoms with van der Waals surface area (Å²) in [5.41, 5.74) is 10.9. The second-order valence-corrected chi connectivity index (χ2v) is 11.9. The first-order valence-electron chi connectivity index (χ1n) is 15.6. The highest BCUT2D eigenvalue weighted by Crippen LogP contribution is 2.43. The third-order valence-corrected chi connectivity index (χ3v) is 9.31. The second-order valence-electron chi connectivity index (χ2n) is 11.9. The Morgan fingerprint density at radius 1 is 0.413 bits per heavy atom. The van der Waals surface area contributed by atoms with Crippen LogP contribution >= 0.6 is 0 Å². The molecule has 4 heterocycles. The molecule has 4 nitrogen and oxygen atoms in total. The third-order valence-electron chi connectivity index (χ3n) is 9.31. The maximum atomic E-state index is 5.40. The van der Waals surface area contributed by atoms with Gasteiger partial charge in [0.2, 0.25) is 0 Å². The van der Waals surface area contributed by atoms with Gasteiger partial charge in [-0.1, -0.05) is 103 Å². The minimum Gasteiger partial charge on any atom is -0.309 e. The summed E-state index contributed by atoms with van der Waals surface area (Å²) < 4.78 is 4.38. The number of aromatic nitrogens is 4. The van der Waals surface area contributed by atoms with E-state index in [-0.39, 0.29) is 0 Å². The van der Waals surface area contributed by atoms with Crippen molar-refractivity contribution in [2.75, 3.05) is 0 Å². The summed E-state index contributed by atoms with van der Waals surface area (Å²) in [7, 11) is 0. The molecule has 0 spiro atoms. The molecule has 0 aliphatic rings. The van der Waals surface area contributed by atoms with E-state index < -0.39 is 0 Å². The van der Waals surface area contributed by atoms with Gasteiger partial charge in [-0.15, -0.1) is 0 Å². The van der Waals surface area contributed by atoms with Crippen LogP contribution in [0.3, 0.4) is 0 Å². The van der Waals surface area contributed by atoms with Crippen LogP contribution < -0.4 is 0 Å². The van der Waals surface area contributed by atoms with Crippen molar-refractivity contribution < 1.29 is 0 Å². The van der Waals surface area contributed by atoms with Gasteiger partial charge in [0, 0.05) is 49.9 Å². The molecule has 0 atom stereocenters. The molecule has 4 heteroatoms. The lowest BCUT2D eigenvalue weighted by atomic mass is 9.94. The van der Waals surface area contributed by atoms with E-state index in [4.69, 9.17) is 10.1 Å². The average Bonchev–Trinajstić information content (AvgIpc) is 3.67. The molecule has 0 aliphatic heterocycles. The Bertz CT molecular complexity index is 2810. The monoisotopic (exact) mass is 586 g/mol. The average molecular weight is 587 g/mol. The van der Waals surface area contributed by atoms with Gasteiger partial charge in [0.1, 0.15) is 0 Å². The molecule has 0 saturated carbocycles. The first kappa shape index (κ1) is 25.1. The Morgan fingerprint density at radius 2 is 1.13 bits per heavy atom. The van der Waals surface area contributed by atoms with Gasteiger partial charge in [-0.25, -0.2) is 9.50 Å². The first-order chi connectivity index (χ1) is 22.8. The van der Waals surface area contributed by atoms with Crippen LogP contribution in [0.25, 0.3) is 88.0 Å². The molecule has 6 aromatic carbocycles. The molecule has 0 unspecified atom stereocenters. The zero-order valence-corrected chi connectivity index (χ0v) is 24.8. The minimum absolute atomic E-state index is 0.989. The Kier molecular flexibility index (Phi) is 5.25. The van der Waals surface area contributed by atoms with E-state index in [1.807, 2.05) is 10.6 Å². The van der Waals surface area contributed by atoms with E-state index >= 15 is 0 Å². The quantitative estimate of drug-likeness (QED) is 0.193. The summed E-state index contributed by atoms with van der Waals surface area (Å²) >= 11 is 0. The van der Waals surface area contributed by atoms with Crippen molar-refractivity contribution in [2.24, 2.45) is 0 Å². The van der Waals surface area contributed by atoms with E-state index in [0.717, 1.165) is 55.4 Å². The number of fused-ring (bicyclic) bond motifs is 10. The smallest absolute Gasteiger partial charge is 0.0933 e. The topological polar surface area (TPSA) is 35.1 Å². The van der Waals surface area contributed by atoms with Gasteiger partial charge in [0.05, 0.1) is 33.3 Å². The summed E-state index contributed by atoms with van der Waals surface area (Å²) in [5.74, 6) is 0. The molecule has 10 rings (SSSR count). The number of pyridine rings is 2. The minimum atomic E-state index is 0.989. The SMILES string of the molecule is c1ccc(-n2c3ccccc3c3c4c(-c5cccc(-c6ccc7c8ccccc8nn7c6)c5)nc5ccccc5c4ccc32)cc1. The number of para-hydroxylation sites is 3. The molecule has 0 bridgehead atoms. The summed E-state index contributed by atoms with van der Waals surface area (Å²) in [6.45, 7) is 0. The van der Waals surface area contributed by atoms with Crippen molar-refractivity contribution in [1.29, 1.82) is 0 Å². The molecule has 0 radical (unpaired) electrons. The fourth-order valence-electron chi connectivity index (χ4n) is 7.27. The Labute approximate surface area is 264 Å².